The van der Waals surface area contributed by atoms with E-state index >= 15 is 0 Å². The predicted octanol–water partition coefficient (Wildman–Crippen LogP) is 12.4. The zero-order valence-corrected chi connectivity index (χ0v) is 34.0. The van der Waals surface area contributed by atoms with Crippen LogP contribution in [0.15, 0.2) is 121 Å². The van der Waals surface area contributed by atoms with Crippen LogP contribution in [0.3, 0.4) is 0 Å². The largest absolute Gasteiger partial charge is 0.519 e. The van der Waals surface area contributed by atoms with Gasteiger partial charge >= 0.3 is 12.1 Å². The van der Waals surface area contributed by atoms with Gasteiger partial charge in [-0.15, -0.1) is 0 Å². The van der Waals surface area contributed by atoms with E-state index in [4.69, 9.17) is 18.9 Å². The highest BCUT2D eigenvalue weighted by Gasteiger charge is 2.26. The van der Waals surface area contributed by atoms with Crippen LogP contribution in [0.25, 0.3) is 22.3 Å². The lowest BCUT2D eigenvalue weighted by Gasteiger charge is -2.27. The molecule has 0 bridgehead atoms. The van der Waals surface area contributed by atoms with Crippen LogP contribution in [-0.4, -0.2) is 19.2 Å². The molecule has 6 heteroatoms. The van der Waals surface area contributed by atoms with Gasteiger partial charge in [-0.05, 0) is 131 Å². The van der Waals surface area contributed by atoms with Crippen LogP contribution < -0.4 is 18.9 Å². The molecule has 0 heterocycles. The first-order valence-corrected chi connectivity index (χ1v) is 18.8. The Labute approximate surface area is 331 Å². The molecule has 0 spiro atoms. The summed E-state index contributed by atoms with van der Waals surface area (Å²) in [6, 6.07) is 41.1. The number of carbonyl (C=O) groups excluding carboxylic acids is 2. The molecule has 6 rings (SSSR count). The third-order valence-electron chi connectivity index (χ3n) is 10.9. The molecule has 0 atom stereocenters. The molecular formula is C50H50O6. The van der Waals surface area contributed by atoms with Gasteiger partial charge in [0.05, 0.1) is 7.11 Å². The van der Waals surface area contributed by atoms with Gasteiger partial charge < -0.3 is 18.9 Å². The van der Waals surface area contributed by atoms with Crippen molar-refractivity contribution in [2.24, 2.45) is 0 Å². The van der Waals surface area contributed by atoms with E-state index in [0.29, 0.717) is 17.2 Å². The Morgan fingerprint density at radius 2 is 0.732 bits per heavy atom. The Balaban J connectivity index is 1.09. The van der Waals surface area contributed by atoms with Crippen molar-refractivity contribution >= 4 is 12.1 Å². The van der Waals surface area contributed by atoms with Crippen molar-refractivity contribution < 1.29 is 28.5 Å². The number of ether oxygens (including phenoxy) is 4. The van der Waals surface area contributed by atoms with Gasteiger partial charge in [0.2, 0.25) is 0 Å². The van der Waals surface area contributed by atoms with E-state index in [1.807, 2.05) is 75.4 Å². The van der Waals surface area contributed by atoms with E-state index in [2.05, 4.69) is 95.3 Å². The third kappa shape index (κ3) is 8.40. The monoisotopic (exact) mass is 746 g/mol. The first kappa shape index (κ1) is 39.6. The van der Waals surface area contributed by atoms with Gasteiger partial charge in [0.25, 0.3) is 0 Å². The number of methoxy groups -OCH3 is 1. The highest BCUT2D eigenvalue weighted by atomic mass is 16.7. The van der Waals surface area contributed by atoms with Gasteiger partial charge in [0.1, 0.15) is 23.0 Å². The lowest BCUT2D eigenvalue weighted by molar-refractivity contribution is -0.131. The number of aryl methyl sites for hydroxylation is 4. The van der Waals surface area contributed by atoms with Crippen molar-refractivity contribution in [3.63, 3.8) is 0 Å². The summed E-state index contributed by atoms with van der Waals surface area (Å²) in [7, 11) is 1.70. The molecule has 0 saturated carbocycles. The number of esters is 1. The lowest BCUT2D eigenvalue weighted by Crippen LogP contribution is -2.20. The Kier molecular flexibility index (Phi) is 11.2. The summed E-state index contributed by atoms with van der Waals surface area (Å²) in [5.74, 6) is 1.96. The van der Waals surface area contributed by atoms with Crippen LogP contribution in [-0.2, 0) is 15.6 Å². The highest BCUT2D eigenvalue weighted by Crippen LogP contribution is 2.38. The normalized spacial score (nSPS) is 11.5. The zero-order valence-electron chi connectivity index (χ0n) is 34.0. The molecule has 0 amide bonds. The summed E-state index contributed by atoms with van der Waals surface area (Å²) < 4.78 is 22.1. The summed E-state index contributed by atoms with van der Waals surface area (Å²) in [5, 5.41) is 0. The molecule has 0 aliphatic heterocycles. The van der Waals surface area contributed by atoms with Crippen LogP contribution in [0.2, 0.25) is 0 Å². The second kappa shape index (κ2) is 15.9. The molecule has 0 unspecified atom stereocenters. The smallest absolute Gasteiger partial charge is 0.496 e. The van der Waals surface area contributed by atoms with Crippen LogP contribution in [0, 0.1) is 27.7 Å². The van der Waals surface area contributed by atoms with E-state index in [9.17, 15) is 9.59 Å². The first-order chi connectivity index (χ1) is 26.6. The molecule has 0 aliphatic rings. The number of carbonyl (C=O) groups is 2. The molecular weight excluding hydrogens is 697 g/mol. The van der Waals surface area contributed by atoms with Crippen LogP contribution in [0.4, 0.5) is 4.79 Å². The molecule has 6 nitrogen and oxygen atoms in total. The summed E-state index contributed by atoms with van der Waals surface area (Å²) in [6.07, 6.45) is -0.800. The Morgan fingerprint density at radius 1 is 0.411 bits per heavy atom. The molecule has 0 aromatic heterocycles. The fraction of sp³-hybridized carbons (Fsp3) is 0.240. The molecule has 286 valence electrons. The van der Waals surface area contributed by atoms with Crippen LogP contribution in [0.5, 0.6) is 23.0 Å². The van der Waals surface area contributed by atoms with E-state index in [1.165, 1.54) is 29.2 Å². The van der Waals surface area contributed by atoms with Gasteiger partial charge in [-0.3, -0.25) is 4.79 Å². The van der Waals surface area contributed by atoms with Gasteiger partial charge in [0.15, 0.2) is 0 Å². The Morgan fingerprint density at radius 3 is 1.11 bits per heavy atom. The minimum Gasteiger partial charge on any atom is -0.496 e. The summed E-state index contributed by atoms with van der Waals surface area (Å²) in [6.45, 7) is 18.0. The second-order valence-corrected chi connectivity index (χ2v) is 15.6. The Bertz CT molecular complexity index is 2400. The SMILES string of the molecule is COc1ccc(-c2ccc(C(C)(C)c3ccc(-c4ccc(OC(=O)Oc5ccc(C(C)(C)c6ccc(OC(C)=O)c(C)c6)cc5C)c(C)c4)cc3)cc2)cc1C. The first-order valence-electron chi connectivity index (χ1n) is 18.8. The summed E-state index contributed by atoms with van der Waals surface area (Å²) >= 11 is 0. The fourth-order valence-corrected chi connectivity index (χ4v) is 7.15. The molecule has 0 saturated heterocycles. The van der Waals surface area contributed by atoms with E-state index in [1.54, 1.807) is 13.2 Å². The summed E-state index contributed by atoms with van der Waals surface area (Å²) in [4.78, 5) is 24.4. The van der Waals surface area contributed by atoms with Gasteiger partial charge in [-0.1, -0.05) is 113 Å². The van der Waals surface area contributed by atoms with Crippen molar-refractivity contribution in [3.05, 3.63) is 166 Å². The standard InChI is InChI=1S/C50H50O6/c1-31-27-38(15-23-44(31)53-10)36-11-17-40(18-12-36)49(6,7)41-19-13-37(14-20-41)39-16-24-46(32(2)28-39)55-48(52)56-47-26-22-43(30-34(47)4)50(8,9)42-21-25-45(33(3)29-42)54-35(5)51/h11-30H,1-10H3. The van der Waals surface area contributed by atoms with Crippen molar-refractivity contribution in [3.8, 4) is 45.3 Å². The van der Waals surface area contributed by atoms with Crippen LogP contribution in [0.1, 0.15) is 79.1 Å². The van der Waals surface area contributed by atoms with E-state index < -0.39 is 6.16 Å². The average Bonchev–Trinajstić information content (AvgIpc) is 3.17. The fourth-order valence-electron chi connectivity index (χ4n) is 7.15. The number of hydrogen-bond acceptors (Lipinski definition) is 6. The lowest BCUT2D eigenvalue weighted by atomic mass is 9.77. The molecule has 0 fully saturated rings. The maximum atomic E-state index is 13.0. The molecule has 56 heavy (non-hydrogen) atoms. The van der Waals surface area contributed by atoms with Gasteiger partial charge in [-0.25, -0.2) is 4.79 Å². The quantitative estimate of drug-likeness (QED) is 0.0790. The van der Waals surface area contributed by atoms with Gasteiger partial charge in [0, 0.05) is 17.8 Å². The van der Waals surface area contributed by atoms with Crippen molar-refractivity contribution in [1.82, 2.24) is 0 Å². The topological polar surface area (TPSA) is 71.1 Å². The average molecular weight is 747 g/mol. The zero-order chi connectivity index (χ0) is 40.4. The van der Waals surface area contributed by atoms with E-state index in [-0.39, 0.29) is 16.8 Å². The Hall–Kier alpha value is -6.14. The van der Waals surface area contributed by atoms with Crippen molar-refractivity contribution in [1.29, 1.82) is 0 Å². The molecule has 0 aliphatic carbocycles. The molecule has 0 radical (unpaired) electrons. The minimum absolute atomic E-state index is 0.200. The van der Waals surface area contributed by atoms with Crippen molar-refractivity contribution in [2.45, 2.75) is 73.1 Å². The molecule has 6 aromatic carbocycles. The van der Waals surface area contributed by atoms with E-state index in [0.717, 1.165) is 50.3 Å². The third-order valence-corrected chi connectivity index (χ3v) is 10.9. The highest BCUT2D eigenvalue weighted by molar-refractivity contribution is 5.72. The number of benzene rings is 6. The summed E-state index contributed by atoms with van der Waals surface area (Å²) in [5.41, 5.74) is 12.1. The minimum atomic E-state index is -0.800. The number of rotatable bonds is 10. The maximum Gasteiger partial charge on any atom is 0.519 e. The molecule has 6 aromatic rings. The van der Waals surface area contributed by atoms with Gasteiger partial charge in [-0.2, -0.15) is 0 Å². The maximum absolute atomic E-state index is 13.0. The second-order valence-electron chi connectivity index (χ2n) is 15.6. The molecule has 0 N–H and O–H groups in total. The van der Waals surface area contributed by atoms with Crippen molar-refractivity contribution in [2.75, 3.05) is 7.11 Å². The number of hydrogen-bond donors (Lipinski definition) is 0. The predicted molar refractivity (Wildman–Crippen MR) is 224 cm³/mol. The van der Waals surface area contributed by atoms with Crippen LogP contribution >= 0.6 is 0 Å².